The van der Waals surface area contributed by atoms with Gasteiger partial charge in [0.25, 0.3) is 0 Å². The van der Waals surface area contributed by atoms with Gasteiger partial charge in [-0.25, -0.2) is 13.2 Å². The minimum atomic E-state index is -3.73. The van der Waals surface area contributed by atoms with Crippen LogP contribution in [0.5, 0.6) is 0 Å². The van der Waals surface area contributed by atoms with E-state index in [1.54, 1.807) is 0 Å². The maximum atomic E-state index is 12.4. The van der Waals surface area contributed by atoms with Crippen LogP contribution in [0.1, 0.15) is 9.67 Å². The Morgan fingerprint density at radius 1 is 1.42 bits per heavy atom. The molecule has 6 nitrogen and oxygen atoms in total. The average Bonchev–Trinajstić information content (AvgIpc) is 2.73. The molecule has 1 aromatic heterocycles. The molecular weight excluding hydrogens is 378 g/mol. The van der Waals surface area contributed by atoms with Gasteiger partial charge in [-0.15, -0.1) is 11.3 Å². The zero-order valence-corrected chi connectivity index (χ0v) is 13.6. The molecule has 0 bridgehead atoms. The highest BCUT2D eigenvalue weighted by molar-refractivity contribution is 9.11. The fourth-order valence-electron chi connectivity index (χ4n) is 1.63. The third-order valence-corrected chi connectivity index (χ3v) is 8.04. The Balaban J connectivity index is 2.34. The first-order valence-electron chi connectivity index (χ1n) is 5.20. The highest BCUT2D eigenvalue weighted by Crippen LogP contribution is 2.33. The number of carbonyl (C=O) groups is 1. The minimum Gasteiger partial charge on any atom is -0.477 e. The zero-order valence-electron chi connectivity index (χ0n) is 9.54. The molecule has 0 spiro atoms. The normalized spacial score (nSPS) is 18.6. The predicted octanol–water partition coefficient (Wildman–Crippen LogP) is 0.962. The van der Waals surface area contributed by atoms with Crippen molar-refractivity contribution >= 4 is 54.1 Å². The van der Waals surface area contributed by atoms with Crippen LogP contribution >= 0.6 is 27.3 Å². The molecule has 0 aliphatic carbocycles. The van der Waals surface area contributed by atoms with Crippen molar-refractivity contribution in [3.63, 3.8) is 0 Å². The van der Waals surface area contributed by atoms with Gasteiger partial charge in [0.15, 0.2) is 0 Å². The molecule has 2 rings (SSSR count). The van der Waals surface area contributed by atoms with Crippen LogP contribution in [-0.4, -0.2) is 52.6 Å². The maximum absolute atomic E-state index is 12.4. The van der Waals surface area contributed by atoms with Crippen LogP contribution in [0.4, 0.5) is 0 Å². The maximum Gasteiger partial charge on any atom is 0.345 e. The first-order chi connectivity index (χ1) is 8.82. The molecule has 10 heteroatoms. The summed E-state index contributed by atoms with van der Waals surface area (Å²) in [6, 6.07) is 1.15. The predicted molar refractivity (Wildman–Crippen MR) is 75.6 cm³/mol. The number of carboxylic acid groups (broad SMARTS) is 1. The highest BCUT2D eigenvalue weighted by atomic mass is 79.9. The second-order valence-electron chi connectivity index (χ2n) is 3.81. The zero-order chi connectivity index (χ0) is 14.2. The van der Waals surface area contributed by atoms with E-state index in [1.165, 1.54) is 4.31 Å². The van der Waals surface area contributed by atoms with E-state index in [1.807, 2.05) is 0 Å². The van der Waals surface area contributed by atoms with Crippen LogP contribution in [0.25, 0.3) is 0 Å². The number of nitrogens with zero attached hydrogens (tertiary/aromatic N) is 1. The van der Waals surface area contributed by atoms with E-state index in [9.17, 15) is 17.4 Å². The van der Waals surface area contributed by atoms with Gasteiger partial charge in [0.2, 0.25) is 10.0 Å². The quantitative estimate of drug-likeness (QED) is 0.833. The Hall–Kier alpha value is -0.290. The van der Waals surface area contributed by atoms with Crippen LogP contribution < -0.4 is 0 Å². The lowest BCUT2D eigenvalue weighted by atomic mass is 10.5. The van der Waals surface area contributed by atoms with E-state index in [-0.39, 0.29) is 26.6 Å². The Labute approximate surface area is 125 Å². The summed E-state index contributed by atoms with van der Waals surface area (Å²) in [7, 11) is -4.70. The summed E-state index contributed by atoms with van der Waals surface area (Å²) >= 11 is 3.95. The molecule has 1 aliphatic rings. The molecule has 1 N–H and O–H groups in total. The van der Waals surface area contributed by atoms with E-state index in [4.69, 9.17) is 5.11 Å². The Bertz CT molecular complexity index is 628. The van der Waals surface area contributed by atoms with Crippen molar-refractivity contribution in [1.82, 2.24) is 4.31 Å². The van der Waals surface area contributed by atoms with E-state index < -0.39 is 26.8 Å². The molecule has 19 heavy (non-hydrogen) atoms. The van der Waals surface area contributed by atoms with Gasteiger partial charge in [-0.05, 0) is 22.0 Å². The van der Waals surface area contributed by atoms with Crippen molar-refractivity contribution in [1.29, 1.82) is 0 Å². The number of hydrogen-bond acceptors (Lipinski definition) is 5. The third kappa shape index (κ3) is 3.07. The molecular formula is C9H10BrNO5S3. The van der Waals surface area contributed by atoms with Crippen molar-refractivity contribution < 1.29 is 22.5 Å². The molecule has 1 fully saturated rings. The van der Waals surface area contributed by atoms with Crippen LogP contribution in [0.3, 0.4) is 0 Å². The number of hydrogen-bond donors (Lipinski definition) is 1. The molecule has 1 aliphatic heterocycles. The second-order valence-corrected chi connectivity index (χ2v) is 9.78. The van der Waals surface area contributed by atoms with Crippen LogP contribution in [0.2, 0.25) is 0 Å². The molecule has 2 heterocycles. The van der Waals surface area contributed by atoms with Gasteiger partial charge in [0.1, 0.15) is 9.77 Å². The first-order valence-corrected chi connectivity index (χ1v) is 9.74. The van der Waals surface area contributed by atoms with Crippen LogP contribution in [0, 0.1) is 0 Å². The summed E-state index contributed by atoms with van der Waals surface area (Å²) in [5.74, 6) is -0.536. The van der Waals surface area contributed by atoms with Crippen LogP contribution in [0.15, 0.2) is 14.7 Å². The molecule has 1 saturated heterocycles. The smallest absolute Gasteiger partial charge is 0.345 e. The Morgan fingerprint density at radius 3 is 2.47 bits per heavy atom. The summed E-state index contributed by atoms with van der Waals surface area (Å²) < 4.78 is 37.5. The van der Waals surface area contributed by atoms with Crippen molar-refractivity contribution in [3.8, 4) is 0 Å². The van der Waals surface area contributed by atoms with Gasteiger partial charge in [0, 0.05) is 35.4 Å². The second kappa shape index (κ2) is 5.60. The van der Waals surface area contributed by atoms with Crippen molar-refractivity contribution in [2.75, 3.05) is 24.6 Å². The van der Waals surface area contributed by atoms with Crippen LogP contribution in [-0.2, 0) is 20.8 Å². The lowest BCUT2D eigenvalue weighted by Gasteiger charge is -2.25. The summed E-state index contributed by atoms with van der Waals surface area (Å²) in [5.41, 5.74) is 0. The van der Waals surface area contributed by atoms with Gasteiger partial charge >= 0.3 is 5.97 Å². The van der Waals surface area contributed by atoms with Crippen molar-refractivity contribution in [2.45, 2.75) is 4.90 Å². The fraction of sp³-hybridized carbons (Fsp3) is 0.444. The lowest BCUT2D eigenvalue weighted by Crippen LogP contribution is -2.41. The van der Waals surface area contributed by atoms with Gasteiger partial charge in [-0.1, -0.05) is 0 Å². The van der Waals surface area contributed by atoms with Gasteiger partial charge in [-0.2, -0.15) is 4.31 Å². The molecule has 0 atom stereocenters. The number of carboxylic acids is 1. The lowest BCUT2D eigenvalue weighted by molar-refractivity contribution is 0.0702. The van der Waals surface area contributed by atoms with E-state index in [0.717, 1.165) is 17.4 Å². The third-order valence-electron chi connectivity index (χ3n) is 2.62. The highest BCUT2D eigenvalue weighted by Gasteiger charge is 2.31. The van der Waals surface area contributed by atoms with Gasteiger partial charge < -0.3 is 5.11 Å². The Morgan fingerprint density at radius 2 is 2.00 bits per heavy atom. The molecule has 0 radical (unpaired) electrons. The number of aromatic carboxylic acids is 1. The van der Waals surface area contributed by atoms with E-state index in [0.29, 0.717) is 11.5 Å². The molecule has 106 valence electrons. The number of sulfonamides is 1. The molecule has 1 aromatic rings. The number of thiophene rings is 1. The topological polar surface area (TPSA) is 91.8 Å². The Kier molecular flexibility index (Phi) is 4.45. The van der Waals surface area contributed by atoms with Gasteiger partial charge in [-0.3, -0.25) is 4.21 Å². The first kappa shape index (κ1) is 15.1. The average molecular weight is 388 g/mol. The van der Waals surface area contributed by atoms with Gasteiger partial charge in [0.05, 0.1) is 3.79 Å². The largest absolute Gasteiger partial charge is 0.477 e. The van der Waals surface area contributed by atoms with E-state index >= 15 is 0 Å². The summed E-state index contributed by atoms with van der Waals surface area (Å²) in [6.45, 7) is 0.388. The summed E-state index contributed by atoms with van der Waals surface area (Å²) in [4.78, 5) is 10.8. The fourth-order valence-corrected chi connectivity index (χ4v) is 6.71. The van der Waals surface area contributed by atoms with Crippen molar-refractivity contribution in [3.05, 3.63) is 14.7 Å². The SMILES string of the molecule is O=C(O)c1cc(S(=O)(=O)N2CCS(=O)CC2)c(Br)s1. The number of rotatable bonds is 3. The molecule has 0 unspecified atom stereocenters. The molecule has 0 aromatic carbocycles. The summed E-state index contributed by atoms with van der Waals surface area (Å²) in [6.07, 6.45) is 0. The molecule has 0 saturated carbocycles. The standard InChI is InChI=1S/C9H10BrNO5S3/c10-8-7(5-6(17-8)9(12)13)19(15,16)11-1-3-18(14)4-2-11/h5H,1-4H2,(H,12,13). The monoisotopic (exact) mass is 387 g/mol. The summed E-state index contributed by atoms with van der Waals surface area (Å²) in [5, 5.41) is 8.87. The minimum absolute atomic E-state index is 0.0361. The van der Waals surface area contributed by atoms with Crippen molar-refractivity contribution in [2.24, 2.45) is 0 Å². The molecule has 0 amide bonds. The number of halogens is 1. The van der Waals surface area contributed by atoms with E-state index in [2.05, 4.69) is 15.9 Å².